The van der Waals surface area contributed by atoms with Crippen LogP contribution in [0.2, 0.25) is 0 Å². The molecule has 0 spiro atoms. The van der Waals surface area contributed by atoms with Gasteiger partial charge in [0.1, 0.15) is 5.82 Å². The highest BCUT2D eigenvalue weighted by atomic mass is 15.0. The maximum Gasteiger partial charge on any atom is 0.150 e. The van der Waals surface area contributed by atoms with E-state index in [0.29, 0.717) is 0 Å². The molecule has 1 aromatic rings. The average Bonchev–Trinajstić information content (AvgIpc) is 2.28. The molecule has 2 nitrogen and oxygen atoms in total. The van der Waals surface area contributed by atoms with Gasteiger partial charge in [-0.2, -0.15) is 0 Å². The fourth-order valence-corrected chi connectivity index (χ4v) is 1.38. The van der Waals surface area contributed by atoms with Gasteiger partial charge in [-0.1, -0.05) is 6.07 Å². The van der Waals surface area contributed by atoms with Gasteiger partial charge in [0.2, 0.25) is 0 Å². The summed E-state index contributed by atoms with van der Waals surface area (Å²) in [5.74, 6) is 0.963. The minimum Gasteiger partial charge on any atom is -0.267 e. The Balaban J connectivity index is 2.33. The van der Waals surface area contributed by atoms with E-state index in [-0.39, 0.29) is 0 Å². The topological polar surface area (TPSA) is 27.0 Å². The van der Waals surface area contributed by atoms with E-state index in [1.807, 2.05) is 12.3 Å². The number of rotatable bonds is 0. The highest BCUT2D eigenvalue weighted by molar-refractivity contribution is 5.37. The van der Waals surface area contributed by atoms with Gasteiger partial charge in [0, 0.05) is 12.7 Å². The van der Waals surface area contributed by atoms with E-state index >= 15 is 0 Å². The first-order chi connectivity index (χ1) is 5.47. The van der Waals surface area contributed by atoms with Crippen molar-refractivity contribution in [2.75, 3.05) is 6.54 Å². The number of hydrogen-bond acceptors (Lipinski definition) is 1. The molecule has 1 aliphatic heterocycles. The first kappa shape index (κ1) is 6.65. The van der Waals surface area contributed by atoms with Crippen molar-refractivity contribution in [3.8, 4) is 0 Å². The Morgan fingerprint density at radius 3 is 3.27 bits per heavy atom. The molecular weight excluding hydrogens is 136 g/mol. The van der Waals surface area contributed by atoms with Gasteiger partial charge >= 0.3 is 0 Å². The number of hydrogen-bond donors (Lipinski definition) is 0. The maximum atomic E-state index is 4.38. The van der Waals surface area contributed by atoms with Crippen molar-refractivity contribution in [2.45, 2.75) is 19.3 Å². The van der Waals surface area contributed by atoms with Crippen LogP contribution in [0, 0.1) is 0 Å². The first-order valence-electron chi connectivity index (χ1n) is 4.08. The van der Waals surface area contributed by atoms with E-state index in [1.165, 1.54) is 18.4 Å². The average molecular weight is 147 g/mol. The fourth-order valence-electron chi connectivity index (χ4n) is 1.38. The number of fused-ring (bicyclic) bond motifs is 1. The Kier molecular flexibility index (Phi) is 1.76. The second kappa shape index (κ2) is 2.91. The van der Waals surface area contributed by atoms with E-state index in [1.54, 1.807) is 0 Å². The summed E-state index contributed by atoms with van der Waals surface area (Å²) in [7, 11) is 0. The molecule has 11 heavy (non-hydrogen) atoms. The van der Waals surface area contributed by atoms with Crippen LogP contribution in [0.3, 0.4) is 0 Å². The van der Waals surface area contributed by atoms with Crippen LogP contribution in [0.5, 0.6) is 0 Å². The highest BCUT2D eigenvalue weighted by Gasteiger charge is 2.07. The molecule has 0 N–H and O–H groups in total. The van der Waals surface area contributed by atoms with Crippen molar-refractivity contribution in [2.24, 2.45) is 0 Å². The zero-order valence-corrected chi connectivity index (χ0v) is 6.45. The van der Waals surface area contributed by atoms with Gasteiger partial charge in [-0.15, -0.1) is 0 Å². The maximum absolute atomic E-state index is 4.38. The summed E-state index contributed by atoms with van der Waals surface area (Å²) >= 11 is 0. The van der Waals surface area contributed by atoms with Crippen molar-refractivity contribution in [3.63, 3.8) is 0 Å². The van der Waals surface area contributed by atoms with Crippen LogP contribution in [0.15, 0.2) is 18.3 Å². The molecule has 1 aliphatic rings. The standard InChI is InChI=1S/C9H11N2/c1-2-6-10-9-8(4-1)5-3-7-11-9/h3,5,7H,1-2,4,6H2. The molecule has 0 saturated carbocycles. The smallest absolute Gasteiger partial charge is 0.150 e. The summed E-state index contributed by atoms with van der Waals surface area (Å²) in [4.78, 5) is 4.21. The number of aryl methyl sites for hydroxylation is 1. The summed E-state index contributed by atoms with van der Waals surface area (Å²) in [6, 6.07) is 4.11. The summed E-state index contributed by atoms with van der Waals surface area (Å²) in [6.45, 7) is 0.948. The quantitative estimate of drug-likeness (QED) is 0.548. The van der Waals surface area contributed by atoms with Crippen LogP contribution in [0.25, 0.3) is 0 Å². The lowest BCUT2D eigenvalue weighted by Crippen LogP contribution is -1.99. The fraction of sp³-hybridized carbons (Fsp3) is 0.444. The predicted molar refractivity (Wildman–Crippen MR) is 43.8 cm³/mol. The second-order valence-corrected chi connectivity index (χ2v) is 2.82. The van der Waals surface area contributed by atoms with E-state index in [4.69, 9.17) is 0 Å². The minimum atomic E-state index is 0.948. The zero-order chi connectivity index (χ0) is 7.52. The monoisotopic (exact) mass is 147 g/mol. The number of aromatic nitrogens is 1. The SMILES string of the molecule is c1cnc2c(c1)CCCC[N]2. The van der Waals surface area contributed by atoms with Gasteiger partial charge < -0.3 is 0 Å². The first-order valence-corrected chi connectivity index (χ1v) is 4.08. The normalized spacial score (nSPS) is 16.4. The van der Waals surface area contributed by atoms with Crippen LogP contribution >= 0.6 is 0 Å². The van der Waals surface area contributed by atoms with Crippen LogP contribution in [0.4, 0.5) is 5.82 Å². The van der Waals surface area contributed by atoms with Crippen LogP contribution in [-0.2, 0) is 6.42 Å². The lowest BCUT2D eigenvalue weighted by molar-refractivity contribution is 0.723. The summed E-state index contributed by atoms with van der Waals surface area (Å²) < 4.78 is 0. The molecule has 0 unspecified atom stereocenters. The Morgan fingerprint density at radius 2 is 2.27 bits per heavy atom. The Bertz CT molecular complexity index is 220. The Morgan fingerprint density at radius 1 is 1.27 bits per heavy atom. The van der Waals surface area contributed by atoms with Gasteiger partial charge in [0.25, 0.3) is 0 Å². The van der Waals surface area contributed by atoms with Crippen LogP contribution in [-0.4, -0.2) is 11.5 Å². The summed E-state index contributed by atoms with van der Waals surface area (Å²) in [5.41, 5.74) is 1.31. The highest BCUT2D eigenvalue weighted by Crippen LogP contribution is 2.17. The zero-order valence-electron chi connectivity index (χ0n) is 6.45. The lowest BCUT2D eigenvalue weighted by Gasteiger charge is -2.00. The summed E-state index contributed by atoms with van der Waals surface area (Å²) in [6.07, 6.45) is 5.42. The van der Waals surface area contributed by atoms with Crippen LogP contribution < -0.4 is 5.32 Å². The van der Waals surface area contributed by atoms with E-state index < -0.39 is 0 Å². The molecule has 2 heterocycles. The van der Waals surface area contributed by atoms with Crippen molar-refractivity contribution in [3.05, 3.63) is 23.9 Å². The lowest BCUT2D eigenvalue weighted by atomic mass is 10.1. The molecule has 1 aromatic heterocycles. The molecule has 0 amide bonds. The third kappa shape index (κ3) is 1.34. The molecule has 0 atom stereocenters. The molecule has 0 bridgehead atoms. The third-order valence-corrected chi connectivity index (χ3v) is 1.98. The molecule has 0 saturated heterocycles. The second-order valence-electron chi connectivity index (χ2n) is 2.82. The van der Waals surface area contributed by atoms with Gasteiger partial charge in [-0.25, -0.2) is 4.98 Å². The van der Waals surface area contributed by atoms with Gasteiger partial charge in [-0.3, -0.25) is 5.32 Å². The minimum absolute atomic E-state index is 0.948. The molecule has 2 rings (SSSR count). The molecule has 0 fully saturated rings. The summed E-state index contributed by atoms with van der Waals surface area (Å²) in [5, 5.41) is 4.38. The molecule has 2 heteroatoms. The molecule has 0 aromatic carbocycles. The Hall–Kier alpha value is -1.05. The van der Waals surface area contributed by atoms with Gasteiger partial charge in [-0.05, 0) is 30.9 Å². The van der Waals surface area contributed by atoms with E-state index in [2.05, 4.69) is 16.4 Å². The largest absolute Gasteiger partial charge is 0.267 e. The number of pyridine rings is 1. The van der Waals surface area contributed by atoms with Crippen molar-refractivity contribution in [1.29, 1.82) is 0 Å². The van der Waals surface area contributed by atoms with Gasteiger partial charge in [0.05, 0.1) is 0 Å². The predicted octanol–water partition coefficient (Wildman–Crippen LogP) is 1.65. The van der Waals surface area contributed by atoms with Crippen molar-refractivity contribution >= 4 is 5.82 Å². The van der Waals surface area contributed by atoms with Gasteiger partial charge in [0.15, 0.2) is 0 Å². The molecule has 0 aliphatic carbocycles. The van der Waals surface area contributed by atoms with Crippen molar-refractivity contribution in [1.82, 2.24) is 10.3 Å². The molecular formula is C9H11N2. The Labute approximate surface area is 66.7 Å². The van der Waals surface area contributed by atoms with E-state index in [9.17, 15) is 0 Å². The molecule has 57 valence electrons. The van der Waals surface area contributed by atoms with Crippen LogP contribution in [0.1, 0.15) is 18.4 Å². The third-order valence-electron chi connectivity index (χ3n) is 1.98. The molecule has 1 radical (unpaired) electrons. The van der Waals surface area contributed by atoms with Crippen molar-refractivity contribution < 1.29 is 0 Å². The van der Waals surface area contributed by atoms with E-state index in [0.717, 1.165) is 18.8 Å². The number of nitrogens with zero attached hydrogens (tertiary/aromatic N) is 2.